The second-order valence-electron chi connectivity index (χ2n) is 7.75. The molecule has 33 heavy (non-hydrogen) atoms. The first-order chi connectivity index (χ1) is 16.0. The van der Waals surface area contributed by atoms with Crippen molar-refractivity contribution in [3.63, 3.8) is 0 Å². The van der Waals surface area contributed by atoms with Crippen molar-refractivity contribution in [1.29, 1.82) is 0 Å². The number of halogens is 1. The van der Waals surface area contributed by atoms with Crippen LogP contribution < -0.4 is 10.2 Å². The Morgan fingerprint density at radius 1 is 1.18 bits per heavy atom. The highest BCUT2D eigenvalue weighted by Gasteiger charge is 2.18. The standard InChI is InChI=1S/C23H21FN6O3/c1-15-14-29(20-7-6-16(30(31)32)12-17(15)20)22-18(24)13-25-23(27-22)26-19-4-2-3-5-21(19)28-8-10-33-11-9-28/h2-7,12-14H,8-11H2,1H3,(H,25,26,27). The maximum atomic E-state index is 14.8. The van der Waals surface area contributed by atoms with Gasteiger partial charge in [0.2, 0.25) is 5.95 Å². The molecule has 2 aromatic carbocycles. The van der Waals surface area contributed by atoms with Crippen LogP contribution in [-0.2, 0) is 4.74 Å². The van der Waals surface area contributed by atoms with Crippen molar-refractivity contribution in [2.45, 2.75) is 6.92 Å². The van der Waals surface area contributed by atoms with Gasteiger partial charge in [0, 0.05) is 36.8 Å². The largest absolute Gasteiger partial charge is 0.378 e. The number of benzene rings is 2. The molecule has 0 bridgehead atoms. The second-order valence-corrected chi connectivity index (χ2v) is 7.75. The third-order valence-corrected chi connectivity index (χ3v) is 5.65. The van der Waals surface area contributed by atoms with E-state index in [-0.39, 0.29) is 17.5 Å². The highest BCUT2D eigenvalue weighted by molar-refractivity contribution is 5.87. The van der Waals surface area contributed by atoms with Gasteiger partial charge in [0.1, 0.15) is 0 Å². The summed E-state index contributed by atoms with van der Waals surface area (Å²) in [4.78, 5) is 21.5. The molecule has 0 amide bonds. The number of nitrogens with one attached hydrogen (secondary N) is 1. The van der Waals surface area contributed by atoms with E-state index < -0.39 is 10.7 Å². The predicted octanol–water partition coefficient (Wildman–Crippen LogP) is 4.36. The number of aromatic nitrogens is 3. The average Bonchev–Trinajstić information content (AvgIpc) is 3.17. The minimum absolute atomic E-state index is 0.0198. The van der Waals surface area contributed by atoms with Gasteiger partial charge in [0.15, 0.2) is 11.6 Å². The molecule has 0 aliphatic carbocycles. The van der Waals surface area contributed by atoms with Crippen molar-refractivity contribution in [2.75, 3.05) is 36.5 Å². The first-order valence-electron chi connectivity index (χ1n) is 10.5. The number of rotatable bonds is 5. The summed E-state index contributed by atoms with van der Waals surface area (Å²) < 4.78 is 21.8. The Bertz CT molecular complexity index is 1350. The van der Waals surface area contributed by atoms with E-state index in [0.29, 0.717) is 24.1 Å². The number of ether oxygens (including phenoxy) is 1. The lowest BCUT2D eigenvalue weighted by Gasteiger charge is -2.30. The summed E-state index contributed by atoms with van der Waals surface area (Å²) in [5, 5.41) is 15.0. The molecule has 0 spiro atoms. The summed E-state index contributed by atoms with van der Waals surface area (Å²) in [5.41, 5.74) is 3.17. The van der Waals surface area contributed by atoms with Gasteiger partial charge in [-0.1, -0.05) is 12.1 Å². The number of hydrogen-bond acceptors (Lipinski definition) is 7. The van der Waals surface area contributed by atoms with Gasteiger partial charge in [-0.2, -0.15) is 4.98 Å². The molecule has 0 saturated carbocycles. The molecule has 0 unspecified atom stereocenters. The van der Waals surface area contributed by atoms with Crippen LogP contribution in [0, 0.1) is 22.9 Å². The first kappa shape index (κ1) is 20.8. The van der Waals surface area contributed by atoms with E-state index in [1.165, 1.54) is 12.1 Å². The minimum atomic E-state index is -0.600. The van der Waals surface area contributed by atoms with Crippen LogP contribution >= 0.6 is 0 Å². The van der Waals surface area contributed by atoms with E-state index in [9.17, 15) is 14.5 Å². The number of anilines is 3. The summed E-state index contributed by atoms with van der Waals surface area (Å²) in [6.45, 7) is 4.68. The number of fused-ring (bicyclic) bond motifs is 1. The maximum Gasteiger partial charge on any atom is 0.270 e. The SMILES string of the molecule is Cc1cn(-c2nc(Nc3ccccc3N3CCOCC3)ncc2F)c2ccc([N+](=O)[O-])cc12. The summed E-state index contributed by atoms with van der Waals surface area (Å²) in [6, 6.07) is 12.3. The van der Waals surface area contributed by atoms with Crippen LogP contribution in [0.1, 0.15) is 5.56 Å². The molecule has 1 aliphatic rings. The fourth-order valence-electron chi connectivity index (χ4n) is 4.04. The lowest BCUT2D eigenvalue weighted by atomic mass is 10.2. The van der Waals surface area contributed by atoms with Gasteiger partial charge >= 0.3 is 0 Å². The fraction of sp³-hybridized carbons (Fsp3) is 0.217. The number of nitro benzene ring substituents is 1. The van der Waals surface area contributed by atoms with Gasteiger partial charge in [-0.3, -0.25) is 14.7 Å². The number of nitro groups is 1. The van der Waals surface area contributed by atoms with Crippen LogP contribution in [0.15, 0.2) is 54.9 Å². The zero-order chi connectivity index (χ0) is 22.9. The summed E-state index contributed by atoms with van der Waals surface area (Å²) in [6.07, 6.45) is 2.83. The number of para-hydroxylation sites is 2. The molecule has 0 atom stereocenters. The molecule has 10 heteroatoms. The zero-order valence-corrected chi connectivity index (χ0v) is 17.9. The topological polar surface area (TPSA) is 98.4 Å². The molecule has 4 aromatic rings. The average molecular weight is 448 g/mol. The Balaban J connectivity index is 1.52. The Morgan fingerprint density at radius 3 is 2.76 bits per heavy atom. The van der Waals surface area contributed by atoms with Crippen LogP contribution in [-0.4, -0.2) is 45.8 Å². The van der Waals surface area contributed by atoms with Crippen LogP contribution in [0.2, 0.25) is 0 Å². The molecule has 1 aliphatic heterocycles. The van der Waals surface area contributed by atoms with Crippen molar-refractivity contribution in [1.82, 2.24) is 14.5 Å². The van der Waals surface area contributed by atoms with Crippen molar-refractivity contribution >= 4 is 33.9 Å². The van der Waals surface area contributed by atoms with Crippen molar-refractivity contribution in [2.24, 2.45) is 0 Å². The molecule has 1 N–H and O–H groups in total. The van der Waals surface area contributed by atoms with Crippen LogP contribution in [0.5, 0.6) is 0 Å². The molecule has 168 valence electrons. The van der Waals surface area contributed by atoms with Gasteiger partial charge in [-0.05, 0) is 30.7 Å². The Kier molecular flexibility index (Phi) is 5.35. The van der Waals surface area contributed by atoms with Crippen LogP contribution in [0.3, 0.4) is 0 Å². The monoisotopic (exact) mass is 448 g/mol. The highest BCUT2D eigenvalue weighted by Crippen LogP contribution is 2.31. The fourth-order valence-corrected chi connectivity index (χ4v) is 4.04. The quantitative estimate of drug-likeness (QED) is 0.358. The first-order valence-corrected chi connectivity index (χ1v) is 10.5. The molecule has 9 nitrogen and oxygen atoms in total. The maximum absolute atomic E-state index is 14.8. The van der Waals surface area contributed by atoms with Crippen LogP contribution in [0.4, 0.5) is 27.4 Å². The van der Waals surface area contributed by atoms with E-state index in [4.69, 9.17) is 4.74 Å². The van der Waals surface area contributed by atoms with E-state index in [1.54, 1.807) is 16.8 Å². The van der Waals surface area contributed by atoms with Gasteiger partial charge in [-0.15, -0.1) is 0 Å². The third-order valence-electron chi connectivity index (χ3n) is 5.65. The molecular formula is C23H21FN6O3. The molecule has 1 saturated heterocycles. The van der Waals surface area contributed by atoms with Crippen molar-refractivity contribution < 1.29 is 14.1 Å². The molecule has 5 rings (SSSR count). The van der Waals surface area contributed by atoms with Crippen molar-refractivity contribution in [3.05, 3.63) is 76.4 Å². The summed E-state index contributed by atoms with van der Waals surface area (Å²) in [7, 11) is 0. The highest BCUT2D eigenvalue weighted by atomic mass is 19.1. The van der Waals surface area contributed by atoms with E-state index in [2.05, 4.69) is 20.2 Å². The Morgan fingerprint density at radius 2 is 1.97 bits per heavy atom. The Labute approximate surface area is 188 Å². The molecular weight excluding hydrogens is 427 g/mol. The predicted molar refractivity (Wildman–Crippen MR) is 123 cm³/mol. The molecule has 3 heterocycles. The van der Waals surface area contributed by atoms with E-state index in [0.717, 1.165) is 36.2 Å². The van der Waals surface area contributed by atoms with Gasteiger partial charge in [-0.25, -0.2) is 9.37 Å². The molecule has 0 radical (unpaired) electrons. The van der Waals surface area contributed by atoms with Crippen LogP contribution in [0.25, 0.3) is 16.7 Å². The Hall–Kier alpha value is -4.05. The smallest absolute Gasteiger partial charge is 0.270 e. The van der Waals surface area contributed by atoms with E-state index >= 15 is 0 Å². The molecule has 1 fully saturated rings. The number of aryl methyl sites for hydroxylation is 1. The lowest BCUT2D eigenvalue weighted by Crippen LogP contribution is -2.36. The third kappa shape index (κ3) is 3.96. The minimum Gasteiger partial charge on any atom is -0.378 e. The number of morpholine rings is 1. The normalized spacial score (nSPS) is 13.9. The van der Waals surface area contributed by atoms with Gasteiger partial charge < -0.3 is 15.0 Å². The zero-order valence-electron chi connectivity index (χ0n) is 17.9. The van der Waals surface area contributed by atoms with Gasteiger partial charge in [0.05, 0.1) is 41.2 Å². The number of hydrogen-bond donors (Lipinski definition) is 1. The van der Waals surface area contributed by atoms with Crippen molar-refractivity contribution in [3.8, 4) is 5.82 Å². The number of non-ortho nitro benzene ring substituents is 1. The lowest BCUT2D eigenvalue weighted by molar-refractivity contribution is -0.384. The summed E-state index contributed by atoms with van der Waals surface area (Å²) in [5.74, 6) is -0.297. The summed E-state index contributed by atoms with van der Waals surface area (Å²) >= 11 is 0. The number of nitrogens with zero attached hydrogens (tertiary/aromatic N) is 5. The molecule has 2 aromatic heterocycles. The second kappa shape index (κ2) is 8.47. The van der Waals surface area contributed by atoms with E-state index in [1.807, 2.05) is 31.2 Å². The van der Waals surface area contributed by atoms with Gasteiger partial charge in [0.25, 0.3) is 5.69 Å².